The normalized spacial score (nSPS) is 17.1. The first-order valence-corrected chi connectivity index (χ1v) is 12.0. The molecular weight excluding hydrogens is 397 g/mol. The molecule has 0 aromatic heterocycles. The Morgan fingerprint density at radius 3 is 2.12 bits per heavy atom. The Kier molecular flexibility index (Phi) is 5.76. The van der Waals surface area contributed by atoms with Crippen LogP contribution in [0.15, 0.2) is 53.4 Å². The largest absolute Gasteiger partial charge is 0.457 e. The maximum atomic E-state index is 12.2. The third kappa shape index (κ3) is 5.84. The molecule has 0 aliphatic carbocycles. The monoisotopic (exact) mass is 415 g/mol. The molecule has 0 amide bonds. The molecule has 1 heterocycles. The van der Waals surface area contributed by atoms with Gasteiger partial charge in [-0.2, -0.15) is 11.8 Å². The third-order valence-corrected chi connectivity index (χ3v) is 7.22. The zero-order chi connectivity index (χ0) is 18.8. The summed E-state index contributed by atoms with van der Waals surface area (Å²) >= 11 is 1.65. The molecule has 7 nitrogen and oxygen atoms in total. The van der Waals surface area contributed by atoms with E-state index < -0.39 is 17.6 Å². The van der Waals surface area contributed by atoms with E-state index in [0.717, 1.165) is 5.75 Å². The van der Waals surface area contributed by atoms with Crippen LogP contribution in [0.5, 0.6) is 11.5 Å². The molecule has 1 aliphatic rings. The van der Waals surface area contributed by atoms with E-state index >= 15 is 0 Å². The van der Waals surface area contributed by atoms with E-state index in [0.29, 0.717) is 17.1 Å². The van der Waals surface area contributed by atoms with Crippen LogP contribution in [0.2, 0.25) is 0 Å². The van der Waals surface area contributed by atoms with Crippen molar-refractivity contribution in [3.05, 3.63) is 54.1 Å². The average Bonchev–Trinajstić information content (AvgIpc) is 3.37. The average molecular weight is 415 g/mol. The number of sulfone groups is 1. The highest BCUT2D eigenvalue weighted by Gasteiger charge is 2.29. The van der Waals surface area contributed by atoms with Crippen molar-refractivity contribution in [3.63, 3.8) is 0 Å². The van der Waals surface area contributed by atoms with Gasteiger partial charge in [-0.1, -0.05) is 12.1 Å². The lowest BCUT2D eigenvalue weighted by Gasteiger charge is -2.09. The number of rotatable bonds is 8. The molecule has 1 atom stereocenters. The summed E-state index contributed by atoms with van der Waals surface area (Å²) in [5, 5.41) is 2.33. The fourth-order valence-electron chi connectivity index (χ4n) is 2.23. The number of hydrogen-bond acceptors (Lipinski definition) is 5. The van der Waals surface area contributed by atoms with Crippen LogP contribution < -0.4 is 9.82 Å². The van der Waals surface area contributed by atoms with E-state index in [4.69, 9.17) is 14.5 Å². The van der Waals surface area contributed by atoms with Crippen molar-refractivity contribution in [3.8, 4) is 11.5 Å². The van der Waals surface area contributed by atoms with Crippen molar-refractivity contribution in [2.24, 2.45) is 0 Å². The Balaban J connectivity index is 1.61. The van der Waals surface area contributed by atoms with E-state index in [1.807, 2.05) is 0 Å². The molecule has 2 aromatic carbocycles. The molecular formula is C16H18NO6PS2. The highest BCUT2D eigenvalue weighted by molar-refractivity contribution is 8.08. The molecule has 0 radical (unpaired) electrons. The first-order valence-electron chi connectivity index (χ1n) is 7.73. The number of benzene rings is 2. The molecule has 0 spiro atoms. The Morgan fingerprint density at radius 1 is 1.08 bits per heavy atom. The smallest absolute Gasteiger partial charge is 0.400 e. The number of hydrogen-bond donors (Lipinski definition) is 3. The SMILES string of the molecule is O=P(O)(O)NCc1ccc(Oc2ccc(S(=O)(=O)CC3CS3)cc2)cc1. The topological polar surface area (TPSA) is 113 Å². The van der Waals surface area contributed by atoms with Gasteiger partial charge in [0.25, 0.3) is 0 Å². The number of nitrogens with one attached hydrogen (secondary N) is 1. The van der Waals surface area contributed by atoms with Gasteiger partial charge in [-0.15, -0.1) is 0 Å². The highest BCUT2D eigenvalue weighted by Crippen LogP contribution is 2.33. The summed E-state index contributed by atoms with van der Waals surface area (Å²) in [7, 11) is -7.51. The van der Waals surface area contributed by atoms with Crippen molar-refractivity contribution in [1.29, 1.82) is 0 Å². The van der Waals surface area contributed by atoms with E-state index in [1.165, 1.54) is 12.1 Å². The molecule has 1 unspecified atom stereocenters. The number of ether oxygens (including phenoxy) is 1. The Morgan fingerprint density at radius 2 is 1.62 bits per heavy atom. The summed E-state index contributed by atoms with van der Waals surface area (Å²) in [6.45, 7) is 0.0381. The summed E-state index contributed by atoms with van der Waals surface area (Å²) in [4.78, 5) is 17.9. The molecule has 0 bridgehead atoms. The van der Waals surface area contributed by atoms with Gasteiger partial charge in [-0.3, -0.25) is 0 Å². The third-order valence-electron chi connectivity index (χ3n) is 3.64. The standard InChI is InChI=1S/C16H18NO6PS2/c18-24(19,20)17-9-12-1-3-13(4-2-12)23-14-5-7-16(8-6-14)26(21,22)11-15-10-25-15/h1-8,15H,9-11H2,(H3,17,18,19,20). The van der Waals surface area contributed by atoms with Gasteiger partial charge in [0.2, 0.25) is 0 Å². The van der Waals surface area contributed by atoms with Crippen LogP contribution in [-0.4, -0.2) is 35.0 Å². The van der Waals surface area contributed by atoms with Crippen molar-refractivity contribution in [2.75, 3.05) is 11.5 Å². The predicted molar refractivity (Wildman–Crippen MR) is 100 cm³/mol. The molecule has 1 saturated heterocycles. The first-order chi connectivity index (χ1) is 12.2. The summed E-state index contributed by atoms with van der Waals surface area (Å²) in [5.41, 5.74) is 0.695. The van der Waals surface area contributed by atoms with Gasteiger partial charge < -0.3 is 14.5 Å². The van der Waals surface area contributed by atoms with Gasteiger partial charge in [0.15, 0.2) is 9.84 Å². The van der Waals surface area contributed by atoms with E-state index in [-0.39, 0.29) is 22.4 Å². The quantitative estimate of drug-likeness (QED) is 0.445. The molecule has 10 heteroatoms. The van der Waals surface area contributed by atoms with Gasteiger partial charge in [-0.25, -0.2) is 18.1 Å². The minimum atomic E-state index is -4.25. The van der Waals surface area contributed by atoms with Crippen LogP contribution in [0.4, 0.5) is 0 Å². The highest BCUT2D eigenvalue weighted by atomic mass is 32.2. The van der Waals surface area contributed by atoms with Crippen LogP contribution >= 0.6 is 19.5 Å². The molecule has 3 rings (SSSR count). The van der Waals surface area contributed by atoms with Crippen LogP contribution in [-0.2, 0) is 20.9 Å². The fourth-order valence-corrected chi connectivity index (χ4v) is 5.29. The molecule has 140 valence electrons. The maximum Gasteiger partial charge on any atom is 0.400 e. The Bertz CT molecular complexity index is 905. The van der Waals surface area contributed by atoms with Crippen LogP contribution in [0.3, 0.4) is 0 Å². The molecule has 0 saturated carbocycles. The Labute approximate surface area is 155 Å². The molecule has 2 aromatic rings. The summed E-state index contributed by atoms with van der Waals surface area (Å²) in [6.07, 6.45) is 0. The number of thioether (sulfide) groups is 1. The molecule has 26 heavy (non-hydrogen) atoms. The van der Waals surface area contributed by atoms with E-state index in [2.05, 4.69) is 5.09 Å². The summed E-state index contributed by atoms with van der Waals surface area (Å²) < 4.78 is 40.9. The van der Waals surface area contributed by atoms with Crippen LogP contribution in [0.25, 0.3) is 0 Å². The molecule has 1 aliphatic heterocycles. The summed E-state index contributed by atoms with van der Waals surface area (Å²) in [6, 6.07) is 13.0. The zero-order valence-corrected chi connectivity index (χ0v) is 16.1. The van der Waals surface area contributed by atoms with Gasteiger partial charge >= 0.3 is 7.75 Å². The molecule has 3 N–H and O–H groups in total. The minimum Gasteiger partial charge on any atom is -0.457 e. The van der Waals surface area contributed by atoms with Gasteiger partial charge in [0.05, 0.1) is 10.6 Å². The maximum absolute atomic E-state index is 12.2. The lowest BCUT2D eigenvalue weighted by Crippen LogP contribution is -2.10. The summed E-state index contributed by atoms with van der Waals surface area (Å²) in [5.74, 6) is 2.11. The molecule has 1 fully saturated rings. The second-order valence-corrected chi connectivity index (χ2v) is 10.6. The van der Waals surface area contributed by atoms with Gasteiger partial charge in [0.1, 0.15) is 11.5 Å². The van der Waals surface area contributed by atoms with Gasteiger partial charge in [-0.05, 0) is 42.0 Å². The van der Waals surface area contributed by atoms with Crippen molar-refractivity contribution < 1.29 is 27.5 Å². The second-order valence-electron chi connectivity index (χ2n) is 5.83. The van der Waals surface area contributed by atoms with E-state index in [1.54, 1.807) is 48.2 Å². The van der Waals surface area contributed by atoms with Crippen molar-refractivity contribution >= 4 is 29.3 Å². The predicted octanol–water partition coefficient (Wildman–Crippen LogP) is 2.55. The van der Waals surface area contributed by atoms with Crippen molar-refractivity contribution in [2.45, 2.75) is 16.7 Å². The lowest BCUT2D eigenvalue weighted by atomic mass is 10.2. The fraction of sp³-hybridized carbons (Fsp3) is 0.250. The Hall–Kier alpha value is -1.35. The van der Waals surface area contributed by atoms with Crippen LogP contribution in [0, 0.1) is 0 Å². The zero-order valence-electron chi connectivity index (χ0n) is 13.6. The van der Waals surface area contributed by atoms with Crippen molar-refractivity contribution in [1.82, 2.24) is 5.09 Å². The minimum absolute atomic E-state index is 0.0381. The van der Waals surface area contributed by atoms with Gasteiger partial charge in [0, 0.05) is 17.5 Å². The van der Waals surface area contributed by atoms with Crippen LogP contribution in [0.1, 0.15) is 5.56 Å². The second kappa shape index (κ2) is 7.72. The first kappa shape index (κ1) is 19.4. The van der Waals surface area contributed by atoms with E-state index in [9.17, 15) is 13.0 Å². The lowest BCUT2D eigenvalue weighted by molar-refractivity contribution is 0.357.